The molecular formula is C30H34O6. The molecule has 1 unspecified atom stereocenters. The molecule has 0 saturated heterocycles. The number of phenolic OH excluding ortho intramolecular Hbond substituents is 1. The Morgan fingerprint density at radius 2 is 1.39 bits per heavy atom. The Morgan fingerprint density at radius 3 is 2.06 bits per heavy atom. The zero-order chi connectivity index (χ0) is 25.4. The van der Waals surface area contributed by atoms with E-state index in [-0.39, 0.29) is 31.7 Å². The van der Waals surface area contributed by atoms with Crippen LogP contribution in [0.15, 0.2) is 72.8 Å². The average Bonchev–Trinajstić information content (AvgIpc) is 2.92. The summed E-state index contributed by atoms with van der Waals surface area (Å²) in [5, 5.41) is 19.7. The molecule has 0 aliphatic heterocycles. The standard InChI is InChI=1S/C30H34O6/c1-2-33-21-27-19-25(14-13-24-9-5-3-6-10-24)20-28(30(27)32)22-35-23-29(26-11-7-4-8-12-26)36-18-17-34-16-15-31/h3-12,19-20,29,31-32H,2,15-18,21-23H2,1H3. The summed E-state index contributed by atoms with van der Waals surface area (Å²) in [7, 11) is 0. The zero-order valence-electron chi connectivity index (χ0n) is 20.7. The number of hydrogen-bond acceptors (Lipinski definition) is 6. The largest absolute Gasteiger partial charge is 0.507 e. The van der Waals surface area contributed by atoms with Gasteiger partial charge < -0.3 is 29.2 Å². The van der Waals surface area contributed by atoms with Gasteiger partial charge in [0.05, 0.1) is 46.2 Å². The van der Waals surface area contributed by atoms with Crippen LogP contribution in [-0.2, 0) is 32.2 Å². The van der Waals surface area contributed by atoms with E-state index in [4.69, 9.17) is 24.1 Å². The van der Waals surface area contributed by atoms with Crippen LogP contribution in [0.4, 0.5) is 0 Å². The number of phenols is 1. The molecule has 0 bridgehead atoms. The minimum absolute atomic E-state index is 0.0191. The maximum Gasteiger partial charge on any atom is 0.126 e. The monoisotopic (exact) mass is 490 g/mol. The predicted molar refractivity (Wildman–Crippen MR) is 139 cm³/mol. The molecule has 1 atom stereocenters. The van der Waals surface area contributed by atoms with Gasteiger partial charge in [-0.15, -0.1) is 0 Å². The van der Waals surface area contributed by atoms with Crippen molar-refractivity contribution in [3.05, 3.63) is 101 Å². The first-order chi connectivity index (χ1) is 17.7. The molecule has 0 aliphatic carbocycles. The second-order valence-corrected chi connectivity index (χ2v) is 8.02. The van der Waals surface area contributed by atoms with E-state index in [0.717, 1.165) is 16.7 Å². The molecule has 3 aromatic carbocycles. The van der Waals surface area contributed by atoms with E-state index in [9.17, 15) is 5.11 Å². The second-order valence-electron chi connectivity index (χ2n) is 8.02. The highest BCUT2D eigenvalue weighted by atomic mass is 16.6. The summed E-state index contributed by atoms with van der Waals surface area (Å²) < 4.78 is 22.9. The van der Waals surface area contributed by atoms with Crippen molar-refractivity contribution in [2.24, 2.45) is 0 Å². The zero-order valence-corrected chi connectivity index (χ0v) is 20.7. The third-order valence-corrected chi connectivity index (χ3v) is 5.33. The Bertz CT molecular complexity index is 1090. The molecule has 0 fully saturated rings. The number of hydrogen-bond donors (Lipinski definition) is 2. The maximum absolute atomic E-state index is 10.9. The highest BCUT2D eigenvalue weighted by molar-refractivity contribution is 5.50. The van der Waals surface area contributed by atoms with Gasteiger partial charge >= 0.3 is 0 Å². The summed E-state index contributed by atoms with van der Waals surface area (Å²) in [5.74, 6) is 6.51. The van der Waals surface area contributed by atoms with Crippen LogP contribution in [0.3, 0.4) is 0 Å². The lowest BCUT2D eigenvalue weighted by Gasteiger charge is -2.19. The lowest BCUT2D eigenvalue weighted by molar-refractivity contribution is -0.0461. The lowest BCUT2D eigenvalue weighted by atomic mass is 10.0. The molecule has 0 amide bonds. The van der Waals surface area contributed by atoms with Gasteiger partial charge in [-0.05, 0) is 36.8 Å². The Morgan fingerprint density at radius 1 is 0.750 bits per heavy atom. The number of aliphatic hydroxyl groups is 1. The number of aliphatic hydroxyl groups excluding tert-OH is 1. The van der Waals surface area contributed by atoms with Crippen LogP contribution in [0.25, 0.3) is 0 Å². The van der Waals surface area contributed by atoms with Gasteiger partial charge in [-0.3, -0.25) is 0 Å². The van der Waals surface area contributed by atoms with Crippen molar-refractivity contribution in [2.45, 2.75) is 26.2 Å². The molecule has 0 radical (unpaired) electrons. The molecule has 0 heterocycles. The predicted octanol–water partition coefficient (Wildman–Crippen LogP) is 4.61. The van der Waals surface area contributed by atoms with Crippen molar-refractivity contribution < 1.29 is 29.2 Å². The Balaban J connectivity index is 1.71. The van der Waals surface area contributed by atoms with E-state index in [0.29, 0.717) is 44.2 Å². The van der Waals surface area contributed by atoms with Gasteiger partial charge in [0.25, 0.3) is 0 Å². The molecule has 0 aromatic heterocycles. The summed E-state index contributed by atoms with van der Waals surface area (Å²) >= 11 is 0. The Kier molecular flexibility index (Phi) is 12.0. The van der Waals surface area contributed by atoms with E-state index in [1.165, 1.54) is 0 Å². The fourth-order valence-corrected chi connectivity index (χ4v) is 3.53. The van der Waals surface area contributed by atoms with Crippen molar-refractivity contribution >= 4 is 0 Å². The minimum Gasteiger partial charge on any atom is -0.507 e. The summed E-state index contributed by atoms with van der Waals surface area (Å²) in [6, 6.07) is 23.3. The van der Waals surface area contributed by atoms with Gasteiger partial charge in [0.1, 0.15) is 11.9 Å². The summed E-state index contributed by atoms with van der Waals surface area (Å²) in [5.41, 5.74) is 4.00. The van der Waals surface area contributed by atoms with Crippen molar-refractivity contribution in [1.82, 2.24) is 0 Å². The first-order valence-electron chi connectivity index (χ1n) is 12.1. The smallest absolute Gasteiger partial charge is 0.126 e. The fourth-order valence-electron chi connectivity index (χ4n) is 3.53. The Labute approximate surface area is 213 Å². The van der Waals surface area contributed by atoms with Crippen LogP contribution >= 0.6 is 0 Å². The number of rotatable bonds is 14. The van der Waals surface area contributed by atoms with E-state index in [1.807, 2.05) is 79.7 Å². The molecule has 3 rings (SSSR count). The number of benzene rings is 3. The van der Waals surface area contributed by atoms with Gasteiger partial charge in [-0.2, -0.15) is 0 Å². The van der Waals surface area contributed by atoms with E-state index in [2.05, 4.69) is 11.8 Å². The molecular weight excluding hydrogens is 456 g/mol. The molecule has 36 heavy (non-hydrogen) atoms. The molecule has 6 heteroatoms. The van der Waals surface area contributed by atoms with Gasteiger partial charge in [0.15, 0.2) is 0 Å². The first kappa shape index (κ1) is 27.4. The minimum atomic E-state index is -0.296. The Hall–Kier alpha value is -3.18. The third-order valence-electron chi connectivity index (χ3n) is 5.33. The highest BCUT2D eigenvalue weighted by Gasteiger charge is 2.15. The van der Waals surface area contributed by atoms with Crippen molar-refractivity contribution in [3.8, 4) is 17.6 Å². The van der Waals surface area contributed by atoms with E-state index < -0.39 is 0 Å². The van der Waals surface area contributed by atoms with Crippen LogP contribution in [-0.4, -0.2) is 49.9 Å². The van der Waals surface area contributed by atoms with E-state index >= 15 is 0 Å². The molecule has 3 aromatic rings. The third kappa shape index (κ3) is 9.12. The van der Waals surface area contributed by atoms with Gasteiger partial charge in [0.2, 0.25) is 0 Å². The molecule has 0 saturated carbocycles. The van der Waals surface area contributed by atoms with Crippen LogP contribution in [0, 0.1) is 11.8 Å². The van der Waals surface area contributed by atoms with Gasteiger partial charge in [0, 0.05) is 28.9 Å². The van der Waals surface area contributed by atoms with Crippen LogP contribution in [0.5, 0.6) is 5.75 Å². The molecule has 0 spiro atoms. The SMILES string of the molecule is CCOCc1cc(C#Cc2ccccc2)cc(COCC(OCCOCCO)c2ccccc2)c1O. The summed E-state index contributed by atoms with van der Waals surface area (Å²) in [6.07, 6.45) is -0.296. The quantitative estimate of drug-likeness (QED) is 0.254. The maximum atomic E-state index is 10.9. The normalized spacial score (nSPS) is 11.6. The summed E-state index contributed by atoms with van der Waals surface area (Å²) in [6.45, 7) is 4.26. The highest BCUT2D eigenvalue weighted by Crippen LogP contribution is 2.27. The molecule has 190 valence electrons. The van der Waals surface area contributed by atoms with Crippen molar-refractivity contribution in [1.29, 1.82) is 0 Å². The van der Waals surface area contributed by atoms with Crippen molar-refractivity contribution in [2.75, 3.05) is 39.6 Å². The number of aromatic hydroxyl groups is 1. The number of ether oxygens (including phenoxy) is 4. The van der Waals surface area contributed by atoms with E-state index in [1.54, 1.807) is 0 Å². The molecule has 2 N–H and O–H groups in total. The first-order valence-corrected chi connectivity index (χ1v) is 12.1. The van der Waals surface area contributed by atoms with Gasteiger partial charge in [-0.25, -0.2) is 0 Å². The second kappa shape index (κ2) is 15.7. The summed E-state index contributed by atoms with van der Waals surface area (Å²) in [4.78, 5) is 0. The van der Waals surface area contributed by atoms with Crippen LogP contribution < -0.4 is 0 Å². The fraction of sp³-hybridized carbons (Fsp3) is 0.333. The topological polar surface area (TPSA) is 77.4 Å². The van der Waals surface area contributed by atoms with Crippen molar-refractivity contribution in [3.63, 3.8) is 0 Å². The molecule has 6 nitrogen and oxygen atoms in total. The van der Waals surface area contributed by atoms with Crippen LogP contribution in [0.2, 0.25) is 0 Å². The molecule has 0 aliphatic rings. The average molecular weight is 491 g/mol. The van der Waals surface area contributed by atoms with Gasteiger partial charge in [-0.1, -0.05) is 60.4 Å². The lowest BCUT2D eigenvalue weighted by Crippen LogP contribution is -2.16. The van der Waals surface area contributed by atoms with Crippen LogP contribution in [0.1, 0.15) is 40.8 Å².